The molecule has 0 aliphatic heterocycles. The lowest BCUT2D eigenvalue weighted by molar-refractivity contribution is 0.232. The van der Waals surface area contributed by atoms with Crippen LogP contribution in [-0.2, 0) is 0 Å². The van der Waals surface area contributed by atoms with Gasteiger partial charge in [0.2, 0.25) is 5.88 Å². The van der Waals surface area contributed by atoms with E-state index in [1.807, 2.05) is 13.8 Å². The van der Waals surface area contributed by atoms with Gasteiger partial charge in [-0.15, -0.1) is 0 Å². The van der Waals surface area contributed by atoms with Crippen LogP contribution in [0.2, 0.25) is 0 Å². The Hall–Kier alpha value is -1.36. The summed E-state index contributed by atoms with van der Waals surface area (Å²) >= 11 is 0. The Bertz CT molecular complexity index is 251. The van der Waals surface area contributed by atoms with E-state index in [1.165, 1.54) is 6.20 Å². The van der Waals surface area contributed by atoms with Gasteiger partial charge >= 0.3 is 0 Å². The van der Waals surface area contributed by atoms with E-state index in [2.05, 4.69) is 15.4 Å². The fourth-order valence-electron chi connectivity index (χ4n) is 0.716. The molecule has 1 rings (SSSR count). The largest absolute Gasteiger partial charge is 0.474 e. The van der Waals surface area contributed by atoms with Crippen molar-refractivity contribution in [2.75, 3.05) is 5.43 Å². The average Bonchev–Trinajstić information content (AvgIpc) is 2.03. The third-order valence-electron chi connectivity index (χ3n) is 1.12. The highest BCUT2D eigenvalue weighted by Crippen LogP contribution is 2.09. The summed E-state index contributed by atoms with van der Waals surface area (Å²) in [5, 5.41) is 0. The van der Waals surface area contributed by atoms with E-state index in [9.17, 15) is 0 Å². The average molecular weight is 168 g/mol. The van der Waals surface area contributed by atoms with Gasteiger partial charge in [-0.3, -0.25) is 4.98 Å². The predicted octanol–water partition coefficient (Wildman–Crippen LogP) is 0.549. The normalized spacial score (nSPS) is 10.0. The molecule has 0 amide bonds. The van der Waals surface area contributed by atoms with Crippen molar-refractivity contribution in [2.45, 2.75) is 20.0 Å². The molecule has 1 aromatic rings. The Balaban J connectivity index is 2.72. The van der Waals surface area contributed by atoms with Crippen LogP contribution in [0.4, 0.5) is 5.82 Å². The number of nitrogens with one attached hydrogen (secondary N) is 1. The van der Waals surface area contributed by atoms with Crippen LogP contribution in [0.15, 0.2) is 12.4 Å². The summed E-state index contributed by atoms with van der Waals surface area (Å²) in [4.78, 5) is 7.89. The van der Waals surface area contributed by atoms with Crippen LogP contribution in [0.3, 0.4) is 0 Å². The second-order valence-electron chi connectivity index (χ2n) is 2.55. The molecule has 0 spiro atoms. The summed E-state index contributed by atoms with van der Waals surface area (Å²) in [6, 6.07) is 0. The standard InChI is InChI=1S/C7H12N4O/c1-5(2)12-7-4-9-3-6(10-7)11-8/h3-5H,8H2,1-2H3,(H,10,11). The second-order valence-corrected chi connectivity index (χ2v) is 2.55. The van der Waals surface area contributed by atoms with Gasteiger partial charge in [-0.25, -0.2) is 5.84 Å². The van der Waals surface area contributed by atoms with Crippen LogP contribution >= 0.6 is 0 Å². The van der Waals surface area contributed by atoms with Crippen molar-refractivity contribution in [2.24, 2.45) is 5.84 Å². The number of nitrogens with two attached hydrogens (primary N) is 1. The van der Waals surface area contributed by atoms with Gasteiger partial charge in [-0.1, -0.05) is 0 Å². The number of rotatable bonds is 3. The number of anilines is 1. The Morgan fingerprint density at radius 3 is 2.83 bits per heavy atom. The lowest BCUT2D eigenvalue weighted by Gasteiger charge is -2.08. The van der Waals surface area contributed by atoms with E-state index >= 15 is 0 Å². The Morgan fingerprint density at radius 1 is 1.50 bits per heavy atom. The number of nitrogens with zero attached hydrogens (tertiary/aromatic N) is 2. The molecule has 0 atom stereocenters. The molecule has 0 unspecified atom stereocenters. The summed E-state index contributed by atoms with van der Waals surface area (Å²) in [7, 11) is 0. The number of aromatic nitrogens is 2. The molecule has 0 saturated heterocycles. The third kappa shape index (κ3) is 2.35. The molecule has 0 radical (unpaired) electrons. The molecular formula is C7H12N4O. The summed E-state index contributed by atoms with van der Waals surface area (Å²) < 4.78 is 5.29. The molecule has 3 N–H and O–H groups in total. The van der Waals surface area contributed by atoms with E-state index in [1.54, 1.807) is 6.20 Å². The van der Waals surface area contributed by atoms with Gasteiger partial charge in [0.25, 0.3) is 0 Å². The van der Waals surface area contributed by atoms with Crippen molar-refractivity contribution in [3.05, 3.63) is 12.4 Å². The fourth-order valence-corrected chi connectivity index (χ4v) is 0.716. The van der Waals surface area contributed by atoms with E-state index in [-0.39, 0.29) is 6.10 Å². The Kier molecular flexibility index (Phi) is 2.82. The summed E-state index contributed by atoms with van der Waals surface area (Å²) in [5.41, 5.74) is 2.39. The van der Waals surface area contributed by atoms with Crippen LogP contribution < -0.4 is 16.0 Å². The number of ether oxygens (including phenoxy) is 1. The lowest BCUT2D eigenvalue weighted by Crippen LogP contribution is -2.11. The number of nitrogen functional groups attached to an aromatic ring is 1. The van der Waals surface area contributed by atoms with Gasteiger partial charge in [0.1, 0.15) is 0 Å². The molecule has 0 bridgehead atoms. The first-order valence-electron chi connectivity index (χ1n) is 3.67. The van der Waals surface area contributed by atoms with Crippen molar-refractivity contribution in [3.63, 3.8) is 0 Å². The van der Waals surface area contributed by atoms with E-state index in [4.69, 9.17) is 10.6 Å². The summed E-state index contributed by atoms with van der Waals surface area (Å²) in [6.45, 7) is 3.84. The van der Waals surface area contributed by atoms with Crippen molar-refractivity contribution < 1.29 is 4.74 Å². The van der Waals surface area contributed by atoms with Crippen LogP contribution in [0.5, 0.6) is 5.88 Å². The van der Waals surface area contributed by atoms with E-state index in [0.29, 0.717) is 11.7 Å². The van der Waals surface area contributed by atoms with Crippen LogP contribution in [0, 0.1) is 0 Å². The molecule has 12 heavy (non-hydrogen) atoms. The quantitative estimate of drug-likeness (QED) is 0.509. The van der Waals surface area contributed by atoms with Crippen molar-refractivity contribution in [1.82, 2.24) is 9.97 Å². The number of hydrogen-bond acceptors (Lipinski definition) is 5. The molecule has 0 saturated carbocycles. The van der Waals surface area contributed by atoms with Crippen LogP contribution in [0.25, 0.3) is 0 Å². The van der Waals surface area contributed by atoms with Crippen molar-refractivity contribution in [1.29, 1.82) is 0 Å². The molecular weight excluding hydrogens is 156 g/mol. The SMILES string of the molecule is CC(C)Oc1cncc(NN)n1. The van der Waals surface area contributed by atoms with Gasteiger partial charge in [0.15, 0.2) is 5.82 Å². The van der Waals surface area contributed by atoms with Crippen LogP contribution in [0.1, 0.15) is 13.8 Å². The second kappa shape index (κ2) is 3.87. The minimum Gasteiger partial charge on any atom is -0.474 e. The zero-order valence-electron chi connectivity index (χ0n) is 7.11. The Morgan fingerprint density at radius 2 is 2.25 bits per heavy atom. The minimum absolute atomic E-state index is 0.0901. The zero-order valence-corrected chi connectivity index (χ0v) is 7.11. The monoisotopic (exact) mass is 168 g/mol. The molecule has 66 valence electrons. The van der Waals surface area contributed by atoms with Crippen molar-refractivity contribution >= 4 is 5.82 Å². The minimum atomic E-state index is 0.0901. The maximum atomic E-state index is 5.29. The topological polar surface area (TPSA) is 73.1 Å². The smallest absolute Gasteiger partial charge is 0.234 e. The van der Waals surface area contributed by atoms with Gasteiger partial charge in [-0.05, 0) is 13.8 Å². The molecule has 0 fully saturated rings. The number of hydrogen-bond donors (Lipinski definition) is 2. The molecule has 0 aliphatic carbocycles. The maximum Gasteiger partial charge on any atom is 0.234 e. The van der Waals surface area contributed by atoms with Gasteiger partial charge < -0.3 is 10.2 Å². The molecule has 5 nitrogen and oxygen atoms in total. The van der Waals surface area contributed by atoms with Gasteiger partial charge in [-0.2, -0.15) is 4.98 Å². The molecule has 5 heteroatoms. The van der Waals surface area contributed by atoms with E-state index < -0.39 is 0 Å². The highest BCUT2D eigenvalue weighted by molar-refractivity contribution is 5.31. The highest BCUT2D eigenvalue weighted by Gasteiger charge is 1.99. The first-order valence-corrected chi connectivity index (χ1v) is 3.67. The molecule has 1 aromatic heterocycles. The molecule has 0 aromatic carbocycles. The summed E-state index contributed by atoms with van der Waals surface area (Å²) in [6.07, 6.45) is 3.15. The maximum absolute atomic E-state index is 5.29. The van der Waals surface area contributed by atoms with Gasteiger partial charge in [0.05, 0.1) is 18.5 Å². The number of hydrazine groups is 1. The predicted molar refractivity (Wildman–Crippen MR) is 45.6 cm³/mol. The fraction of sp³-hybridized carbons (Fsp3) is 0.429. The van der Waals surface area contributed by atoms with Crippen LogP contribution in [-0.4, -0.2) is 16.1 Å². The zero-order chi connectivity index (χ0) is 8.97. The van der Waals surface area contributed by atoms with Crippen molar-refractivity contribution in [3.8, 4) is 5.88 Å². The molecule has 1 heterocycles. The lowest BCUT2D eigenvalue weighted by atomic mass is 10.5. The third-order valence-corrected chi connectivity index (χ3v) is 1.12. The highest BCUT2D eigenvalue weighted by atomic mass is 16.5. The first kappa shape index (κ1) is 8.73. The van der Waals surface area contributed by atoms with E-state index in [0.717, 1.165) is 0 Å². The first-order chi connectivity index (χ1) is 5.72. The van der Waals surface area contributed by atoms with Gasteiger partial charge in [0, 0.05) is 0 Å². The Labute approximate surface area is 70.9 Å². The molecule has 0 aliphatic rings. The summed E-state index contributed by atoms with van der Waals surface area (Å²) in [5.74, 6) is 6.11.